The molecular formula is C110H120Ir4N6O8SSi5-4. The molecular weight excluding hydrogens is 2470 g/mol. The Kier molecular flexibility index (Phi) is 41.7. The number of hydrogen-bond acceptors (Lipinski definition) is 13. The van der Waals surface area contributed by atoms with Crippen molar-refractivity contribution in [2.75, 3.05) is 0 Å². The van der Waals surface area contributed by atoms with Gasteiger partial charge in [-0.15, -0.1) is 100 Å². The van der Waals surface area contributed by atoms with Crippen LogP contribution in [0.5, 0.6) is 0 Å². The molecule has 8 heterocycles. The molecule has 0 amide bonds. The molecule has 0 fully saturated rings. The van der Waals surface area contributed by atoms with E-state index in [1.165, 1.54) is 186 Å². The van der Waals surface area contributed by atoms with Crippen LogP contribution in [0.25, 0.3) is 126 Å². The quantitative estimate of drug-likeness (QED) is 0.0347. The number of aryl methyl sites for hydroxylation is 1. The van der Waals surface area contributed by atoms with E-state index in [-0.39, 0.29) is 127 Å². The van der Waals surface area contributed by atoms with Gasteiger partial charge in [0.25, 0.3) is 0 Å². The first-order chi connectivity index (χ1) is 61.3. The second-order valence-corrected chi connectivity index (χ2v) is 62.7. The van der Waals surface area contributed by atoms with Crippen LogP contribution in [0.1, 0.15) is 62.3 Å². The number of aromatic nitrogens is 6. The zero-order valence-electron chi connectivity index (χ0n) is 80.5. The van der Waals surface area contributed by atoms with Gasteiger partial charge in [-0.1, -0.05) is 261 Å². The number of carbonyl (C=O) groups is 4. The second-order valence-electron chi connectivity index (χ2n) is 37.1. The number of rotatable bonds is 14. The molecule has 0 saturated heterocycles. The van der Waals surface area contributed by atoms with E-state index < -0.39 is 40.4 Å². The number of fused-ring (bicyclic) bond motifs is 12. The van der Waals surface area contributed by atoms with E-state index in [0.29, 0.717) is 0 Å². The molecule has 1 aliphatic heterocycles. The maximum Gasteiger partial charge on any atom is 0.155 e. The first-order valence-electron chi connectivity index (χ1n) is 43.6. The average Bonchev–Trinajstić information content (AvgIpc) is 1.98. The van der Waals surface area contributed by atoms with Crippen molar-refractivity contribution in [2.45, 2.75) is 161 Å². The molecule has 17 rings (SSSR count). The van der Waals surface area contributed by atoms with Crippen molar-refractivity contribution in [3.05, 3.63) is 321 Å². The van der Waals surface area contributed by atoms with E-state index in [1.807, 2.05) is 36.1 Å². The Hall–Kier alpha value is -10.1. The Labute approximate surface area is 853 Å². The molecule has 134 heavy (non-hydrogen) atoms. The molecule has 0 bridgehead atoms. The van der Waals surface area contributed by atoms with Crippen molar-refractivity contribution in [3.8, 4) is 61.8 Å². The minimum atomic E-state index is -1.59. The molecule has 0 spiro atoms. The summed E-state index contributed by atoms with van der Waals surface area (Å²) in [7, 11) is -7.25. The van der Waals surface area contributed by atoms with Crippen LogP contribution in [0, 0.1) is 24.3 Å². The summed E-state index contributed by atoms with van der Waals surface area (Å²) < 4.78 is 7.31. The Morgan fingerprint density at radius 2 is 0.754 bits per heavy atom. The van der Waals surface area contributed by atoms with E-state index in [9.17, 15) is 19.2 Å². The number of aliphatic hydroxyl groups excluding tert-OH is 4. The second kappa shape index (κ2) is 49.6. The third-order valence-corrected chi connectivity index (χ3v) is 34.5. The summed E-state index contributed by atoms with van der Waals surface area (Å²) in [5.41, 5.74) is 17.5. The minimum Gasteiger partial charge on any atom is -0.512 e. The van der Waals surface area contributed by atoms with Crippen LogP contribution < -0.4 is 31.1 Å². The molecule has 4 radical (unpaired) electrons. The SMILES string of the molecule is CC(=O)C=C(C)O.CC(=O)C=C(C)O.CC(=O)C=C(C)O.CC(=O)C=C(C)O.CCn1c2c[c-]c(-c3ncccc3[Si](C)(C)C)cc2c2ccccc21.C[Si](C)(C)c1cccnc1-c1[c-]cc2sc3ccccc3c2c1.C[Si](C)(C)c1ccnc(-c2[c-]cc3c(c2)-c2ccccc2[Si]3(C)C)c1.C[Si](C)(C)c1ccnc(-c2[c-]cc3c(c2)c2ccccc2n3-c2ccccc2)c1.[Ir].[Ir].[Ir].[Ir]. The van der Waals surface area contributed by atoms with Crippen molar-refractivity contribution in [1.29, 1.82) is 0 Å². The molecule has 0 saturated carbocycles. The molecule has 24 heteroatoms. The van der Waals surface area contributed by atoms with Gasteiger partial charge in [0, 0.05) is 157 Å². The Balaban J connectivity index is 0.000000248. The topological polar surface area (TPSA) is 211 Å². The monoisotopic (exact) mass is 2600 g/mol. The molecule has 704 valence electrons. The number of thiophene rings is 1. The van der Waals surface area contributed by atoms with E-state index >= 15 is 0 Å². The minimum absolute atomic E-state index is 0. The fourth-order valence-corrected chi connectivity index (χ4v) is 25.1. The molecule has 7 aromatic heterocycles. The molecule has 16 aromatic rings. The van der Waals surface area contributed by atoms with Gasteiger partial charge in [0.05, 0.1) is 63.4 Å². The summed E-state index contributed by atoms with van der Waals surface area (Å²) in [6, 6.07) is 94.4. The van der Waals surface area contributed by atoms with E-state index in [4.69, 9.17) is 30.4 Å². The molecule has 0 atom stereocenters. The van der Waals surface area contributed by atoms with Gasteiger partial charge < -0.3 is 49.5 Å². The fourth-order valence-electron chi connectivity index (χ4n) is 15.7. The van der Waals surface area contributed by atoms with Crippen molar-refractivity contribution in [2.24, 2.45) is 0 Å². The third kappa shape index (κ3) is 29.5. The number of ketones is 4. The van der Waals surface area contributed by atoms with Crippen molar-refractivity contribution in [3.63, 3.8) is 0 Å². The number of para-hydroxylation sites is 3. The van der Waals surface area contributed by atoms with Crippen LogP contribution in [-0.2, 0) is 106 Å². The van der Waals surface area contributed by atoms with E-state index in [0.717, 1.165) is 51.6 Å². The third-order valence-electron chi connectivity index (χ3n) is 21.7. The molecule has 1 aliphatic rings. The van der Waals surface area contributed by atoms with Gasteiger partial charge in [-0.2, -0.15) is 11.3 Å². The van der Waals surface area contributed by atoms with Gasteiger partial charge in [-0.25, -0.2) is 0 Å². The van der Waals surface area contributed by atoms with Crippen molar-refractivity contribution in [1.82, 2.24) is 29.1 Å². The smallest absolute Gasteiger partial charge is 0.155 e. The molecule has 9 aromatic carbocycles. The van der Waals surface area contributed by atoms with Gasteiger partial charge >= 0.3 is 0 Å². The summed E-state index contributed by atoms with van der Waals surface area (Å²) >= 11 is 1.83. The van der Waals surface area contributed by atoms with Gasteiger partial charge in [0.1, 0.15) is 0 Å². The number of hydrogen-bond donors (Lipinski definition) is 4. The standard InChI is InChI=1S/C26H23N2Si.C22H23N2Si.C22H24NSi2.C20H18NSSi.4C5H8O2.4Ir/c1-29(2,3)21-15-16-27-24(18-21)19-13-14-26-23(17-19)22-11-7-8-12-25(22)28(26)20-9-5-4-6-10-20;1-5-24-19-10-7-6-9-17(19)18-15-16(12-13-20(18)24)22-21(25(2,3)4)11-8-14-23-22;1-24(2,3)17-12-13-23-20(15-17)16-10-11-22-19(14-16)18-8-6-7-9-21(18)25(22,4)5;1-23(2,3)19-9-6-12-21-20(19)14-10-11-18-16(13-14)15-7-4-5-8-17(15)22-18;4*1-4(6)3-5(2)7;;;;/h4-12,14-18H,1-3H3;6-11,13-15H,5H2,1-4H3;6-9,11-15H,1-5H3;4-9,11-13H,1-3H3;4*3,6H,1-2H3;;;;/q4*-1;;;;;;;;. The van der Waals surface area contributed by atoms with Gasteiger partial charge in [0.2, 0.25) is 0 Å². The predicted molar refractivity (Wildman–Crippen MR) is 562 cm³/mol. The maximum atomic E-state index is 10.0. The number of benzene rings is 9. The molecule has 0 aliphatic carbocycles. The van der Waals surface area contributed by atoms with Gasteiger partial charge in [0.15, 0.2) is 23.1 Å². The number of pyridine rings is 4. The molecule has 14 nitrogen and oxygen atoms in total. The summed E-state index contributed by atoms with van der Waals surface area (Å²) in [4.78, 5) is 58.8. The molecule has 0 unspecified atom stereocenters. The van der Waals surface area contributed by atoms with Crippen LogP contribution in [0.4, 0.5) is 0 Å². The summed E-state index contributed by atoms with van der Waals surface area (Å²) in [6.45, 7) is 47.9. The summed E-state index contributed by atoms with van der Waals surface area (Å²) in [5.74, 6) is -0.250. The van der Waals surface area contributed by atoms with Gasteiger partial charge in [-0.3, -0.25) is 19.2 Å². The fraction of sp³-hybridized carbons (Fsp3) is 0.218. The van der Waals surface area contributed by atoms with Crippen LogP contribution in [0.3, 0.4) is 0 Å². The normalized spacial score (nSPS) is 12.1. The summed E-state index contributed by atoms with van der Waals surface area (Å²) in [6.07, 6.45) is 12.3. The van der Waals surface area contributed by atoms with Crippen molar-refractivity contribution >= 4 is 170 Å². The van der Waals surface area contributed by atoms with Crippen LogP contribution in [0.2, 0.25) is 91.7 Å². The first kappa shape index (κ1) is 113. The average molecular weight is 2600 g/mol. The zero-order chi connectivity index (χ0) is 94.9. The largest absolute Gasteiger partial charge is 0.512 e. The first-order valence-corrected chi connectivity index (χ1v) is 61.5. The van der Waals surface area contributed by atoms with Crippen LogP contribution in [0.15, 0.2) is 297 Å². The predicted octanol–water partition coefficient (Wildman–Crippen LogP) is 24.9. The maximum absolute atomic E-state index is 10.0. The number of nitrogens with zero attached hydrogens (tertiary/aromatic N) is 6. The molecule has 4 N–H and O–H groups in total. The number of carbonyl (C=O) groups excluding carboxylic acids is 4. The number of aliphatic hydroxyl groups is 4. The van der Waals surface area contributed by atoms with E-state index in [2.05, 4.69) is 366 Å². The Morgan fingerprint density at radius 3 is 1.22 bits per heavy atom. The Morgan fingerprint density at radius 1 is 0.358 bits per heavy atom. The van der Waals surface area contributed by atoms with E-state index in [1.54, 1.807) is 5.19 Å². The Bertz CT molecular complexity index is 6830. The summed E-state index contributed by atoms with van der Waals surface area (Å²) in [5, 5.41) is 49.9. The zero-order valence-corrected chi connectivity index (χ0v) is 95.9. The van der Waals surface area contributed by atoms with Crippen molar-refractivity contribution < 1.29 is 120 Å². The van der Waals surface area contributed by atoms with Gasteiger partial charge in [-0.05, 0) is 177 Å². The number of allylic oxidation sites excluding steroid dienone is 8. The van der Waals surface area contributed by atoms with Crippen LogP contribution in [-0.4, -0.2) is 113 Å². The van der Waals surface area contributed by atoms with Crippen LogP contribution >= 0.6 is 11.3 Å².